The molecular weight excluding hydrogens is 202 g/mol. The minimum absolute atomic E-state index is 0.315. The lowest BCUT2D eigenvalue weighted by atomic mass is 9.90. The summed E-state index contributed by atoms with van der Waals surface area (Å²) in [4.78, 5) is 13.2. The molecule has 3 heteroatoms. The summed E-state index contributed by atoms with van der Waals surface area (Å²) in [5, 5.41) is 8.73. The van der Waals surface area contributed by atoms with Gasteiger partial charge in [0.05, 0.1) is 0 Å². The smallest absolute Gasteiger partial charge is 0.303 e. The summed E-state index contributed by atoms with van der Waals surface area (Å²) in [5.74, 6) is 0.243. The Balaban J connectivity index is 1.89. The van der Waals surface area contributed by atoms with Crippen LogP contribution in [0, 0.1) is 5.92 Å². The van der Waals surface area contributed by atoms with Crippen molar-refractivity contribution in [3.63, 3.8) is 0 Å². The Bertz CT molecular complexity index is 254. The number of rotatable bonds is 4. The maximum absolute atomic E-state index is 10.6. The van der Waals surface area contributed by atoms with Gasteiger partial charge in [0.2, 0.25) is 0 Å². The van der Waals surface area contributed by atoms with Crippen LogP contribution in [0.2, 0.25) is 0 Å². The summed E-state index contributed by atoms with van der Waals surface area (Å²) in [6, 6.07) is 1.21. The second-order valence-corrected chi connectivity index (χ2v) is 5.42. The molecule has 2 fully saturated rings. The Kier molecular flexibility index (Phi) is 3.85. The van der Waals surface area contributed by atoms with Gasteiger partial charge in [0.1, 0.15) is 0 Å². The van der Waals surface area contributed by atoms with Gasteiger partial charge in [0.25, 0.3) is 0 Å². The number of fused-ring (bicyclic) bond motifs is 1. The highest BCUT2D eigenvalue weighted by molar-refractivity contribution is 5.66. The standard InChI is InChI=1S/C13H23NO2/c1-10(7-8-13(15)16)14-9-3-5-11-4-2-6-12(11)14/h10-12H,2-9H2,1H3,(H,15,16). The summed E-state index contributed by atoms with van der Waals surface area (Å²) >= 11 is 0. The van der Waals surface area contributed by atoms with Crippen LogP contribution in [0.4, 0.5) is 0 Å². The molecule has 1 saturated carbocycles. The second kappa shape index (κ2) is 5.17. The van der Waals surface area contributed by atoms with E-state index in [1.807, 2.05) is 0 Å². The van der Waals surface area contributed by atoms with E-state index in [1.165, 1.54) is 38.6 Å². The highest BCUT2D eigenvalue weighted by Crippen LogP contribution is 2.38. The van der Waals surface area contributed by atoms with Gasteiger partial charge in [-0.2, -0.15) is 0 Å². The van der Waals surface area contributed by atoms with Crippen LogP contribution in [0.25, 0.3) is 0 Å². The van der Waals surface area contributed by atoms with E-state index in [0.717, 1.165) is 18.4 Å². The molecule has 1 aliphatic carbocycles. The van der Waals surface area contributed by atoms with Gasteiger partial charge in [-0.1, -0.05) is 6.42 Å². The van der Waals surface area contributed by atoms with Gasteiger partial charge in [0, 0.05) is 18.5 Å². The summed E-state index contributed by atoms with van der Waals surface area (Å²) in [5.41, 5.74) is 0. The number of aliphatic carboxylic acids is 1. The Morgan fingerprint density at radius 3 is 2.88 bits per heavy atom. The van der Waals surface area contributed by atoms with Crippen molar-refractivity contribution in [2.24, 2.45) is 5.92 Å². The number of piperidine rings is 1. The summed E-state index contributed by atoms with van der Waals surface area (Å²) < 4.78 is 0. The molecule has 0 radical (unpaired) electrons. The zero-order valence-electron chi connectivity index (χ0n) is 10.2. The molecule has 0 amide bonds. The Morgan fingerprint density at radius 2 is 2.12 bits per heavy atom. The molecule has 1 N–H and O–H groups in total. The third kappa shape index (κ3) is 2.57. The third-order valence-corrected chi connectivity index (χ3v) is 4.38. The van der Waals surface area contributed by atoms with E-state index >= 15 is 0 Å². The first kappa shape index (κ1) is 11.9. The molecule has 3 unspecified atom stereocenters. The number of hydrogen-bond acceptors (Lipinski definition) is 2. The topological polar surface area (TPSA) is 40.5 Å². The molecule has 3 nitrogen and oxygen atoms in total. The molecule has 1 heterocycles. The van der Waals surface area contributed by atoms with Crippen molar-refractivity contribution in [1.29, 1.82) is 0 Å². The molecular formula is C13H23NO2. The number of carboxylic acid groups (broad SMARTS) is 1. The monoisotopic (exact) mass is 225 g/mol. The summed E-state index contributed by atoms with van der Waals surface area (Å²) in [7, 11) is 0. The van der Waals surface area contributed by atoms with Crippen LogP contribution in [0.5, 0.6) is 0 Å². The van der Waals surface area contributed by atoms with Crippen molar-refractivity contribution in [3.05, 3.63) is 0 Å². The minimum Gasteiger partial charge on any atom is -0.481 e. The number of carboxylic acids is 1. The molecule has 0 aromatic rings. The first-order chi connectivity index (χ1) is 7.68. The maximum Gasteiger partial charge on any atom is 0.303 e. The van der Waals surface area contributed by atoms with Gasteiger partial charge >= 0.3 is 5.97 Å². The number of likely N-dealkylation sites (tertiary alicyclic amines) is 1. The van der Waals surface area contributed by atoms with Crippen LogP contribution in [-0.2, 0) is 4.79 Å². The maximum atomic E-state index is 10.6. The fourth-order valence-electron chi connectivity index (χ4n) is 3.54. The summed E-state index contributed by atoms with van der Waals surface area (Å²) in [6.45, 7) is 3.38. The van der Waals surface area contributed by atoms with Crippen molar-refractivity contribution < 1.29 is 9.90 Å². The SMILES string of the molecule is CC(CCC(=O)O)N1CCCC2CCCC21. The highest BCUT2D eigenvalue weighted by atomic mass is 16.4. The van der Waals surface area contributed by atoms with Gasteiger partial charge < -0.3 is 5.11 Å². The highest BCUT2D eigenvalue weighted by Gasteiger charge is 2.36. The molecule has 1 aliphatic heterocycles. The second-order valence-electron chi connectivity index (χ2n) is 5.42. The fraction of sp³-hybridized carbons (Fsp3) is 0.923. The molecule has 0 aromatic carbocycles. The van der Waals surface area contributed by atoms with Crippen LogP contribution in [0.1, 0.15) is 51.9 Å². The van der Waals surface area contributed by atoms with Gasteiger partial charge in [-0.05, 0) is 51.5 Å². The summed E-state index contributed by atoms with van der Waals surface area (Å²) in [6.07, 6.45) is 7.92. The molecule has 92 valence electrons. The zero-order valence-corrected chi connectivity index (χ0v) is 10.2. The Morgan fingerprint density at radius 1 is 1.38 bits per heavy atom. The van der Waals surface area contributed by atoms with E-state index in [-0.39, 0.29) is 0 Å². The predicted octanol–water partition coefficient (Wildman–Crippen LogP) is 2.50. The lowest BCUT2D eigenvalue weighted by Gasteiger charge is -2.41. The van der Waals surface area contributed by atoms with Crippen LogP contribution in [0.15, 0.2) is 0 Å². The van der Waals surface area contributed by atoms with Crippen molar-refractivity contribution in [3.8, 4) is 0 Å². The number of carbonyl (C=O) groups is 1. The van der Waals surface area contributed by atoms with E-state index in [0.29, 0.717) is 12.5 Å². The first-order valence-corrected chi connectivity index (χ1v) is 6.66. The van der Waals surface area contributed by atoms with Crippen LogP contribution >= 0.6 is 0 Å². The van der Waals surface area contributed by atoms with Crippen molar-refractivity contribution >= 4 is 5.97 Å². The molecule has 0 spiro atoms. The lowest BCUT2D eigenvalue weighted by Crippen LogP contribution is -2.47. The van der Waals surface area contributed by atoms with E-state index in [4.69, 9.17) is 5.11 Å². The third-order valence-electron chi connectivity index (χ3n) is 4.38. The van der Waals surface area contributed by atoms with Crippen molar-refractivity contribution in [2.45, 2.75) is 64.0 Å². The van der Waals surface area contributed by atoms with E-state index in [2.05, 4.69) is 11.8 Å². The Labute approximate surface area is 97.8 Å². The first-order valence-electron chi connectivity index (χ1n) is 6.66. The number of hydrogen-bond donors (Lipinski definition) is 1. The van der Waals surface area contributed by atoms with Gasteiger partial charge in [-0.3, -0.25) is 9.69 Å². The molecule has 0 aromatic heterocycles. The van der Waals surface area contributed by atoms with Crippen molar-refractivity contribution in [1.82, 2.24) is 4.90 Å². The van der Waals surface area contributed by atoms with Crippen LogP contribution in [-0.4, -0.2) is 34.6 Å². The van der Waals surface area contributed by atoms with Crippen LogP contribution < -0.4 is 0 Å². The number of nitrogens with zero attached hydrogens (tertiary/aromatic N) is 1. The average Bonchev–Trinajstić information content (AvgIpc) is 2.73. The molecule has 16 heavy (non-hydrogen) atoms. The van der Waals surface area contributed by atoms with Gasteiger partial charge in [-0.25, -0.2) is 0 Å². The van der Waals surface area contributed by atoms with E-state index in [9.17, 15) is 4.79 Å². The average molecular weight is 225 g/mol. The molecule has 2 rings (SSSR count). The molecule has 2 aliphatic rings. The quantitative estimate of drug-likeness (QED) is 0.799. The van der Waals surface area contributed by atoms with Gasteiger partial charge in [0.15, 0.2) is 0 Å². The normalized spacial score (nSPS) is 32.3. The molecule has 1 saturated heterocycles. The zero-order chi connectivity index (χ0) is 11.5. The van der Waals surface area contributed by atoms with Crippen LogP contribution in [0.3, 0.4) is 0 Å². The Hall–Kier alpha value is -0.570. The molecule has 3 atom stereocenters. The predicted molar refractivity (Wildman–Crippen MR) is 63.4 cm³/mol. The van der Waals surface area contributed by atoms with E-state index < -0.39 is 5.97 Å². The van der Waals surface area contributed by atoms with Crippen molar-refractivity contribution in [2.75, 3.05) is 6.54 Å². The minimum atomic E-state index is -0.660. The van der Waals surface area contributed by atoms with Gasteiger partial charge in [-0.15, -0.1) is 0 Å². The molecule has 0 bridgehead atoms. The van der Waals surface area contributed by atoms with E-state index in [1.54, 1.807) is 0 Å². The fourth-order valence-corrected chi connectivity index (χ4v) is 3.54. The lowest BCUT2D eigenvalue weighted by molar-refractivity contribution is -0.137. The largest absolute Gasteiger partial charge is 0.481 e.